The zero-order valence-electron chi connectivity index (χ0n) is 10.1. The molecule has 0 fully saturated rings. The lowest BCUT2D eigenvalue weighted by Crippen LogP contribution is -2.01. The highest BCUT2D eigenvalue weighted by Crippen LogP contribution is 2.28. The molecule has 1 N–H and O–H groups in total. The molecule has 0 radical (unpaired) electrons. The van der Waals surface area contributed by atoms with E-state index in [4.69, 9.17) is 28.5 Å². The molecule has 0 spiro atoms. The van der Waals surface area contributed by atoms with Gasteiger partial charge in [0.15, 0.2) is 0 Å². The lowest BCUT2D eigenvalue weighted by Gasteiger charge is -2.11. The molecule has 2 rings (SSSR count). The molecule has 1 aromatic carbocycles. The van der Waals surface area contributed by atoms with Crippen molar-refractivity contribution >= 4 is 34.7 Å². The second kappa shape index (κ2) is 5.87. The van der Waals surface area contributed by atoms with Crippen LogP contribution in [0, 0.1) is 11.3 Å². The Balaban J connectivity index is 2.37. The Labute approximate surface area is 121 Å². The standard InChI is InChI=1S/C13H10Cl2N4/c1-2-9-12(15)17-7-18-13(9)19-11-4-3-8(6-16)5-10(11)14/h3-5,7H,2H2,1H3,(H,17,18,19). The van der Waals surface area contributed by atoms with Crippen LogP contribution >= 0.6 is 23.2 Å². The first-order chi connectivity index (χ1) is 9.15. The first kappa shape index (κ1) is 13.6. The number of nitriles is 1. The van der Waals surface area contributed by atoms with E-state index in [-0.39, 0.29) is 0 Å². The Bertz CT molecular complexity index is 650. The van der Waals surface area contributed by atoms with Crippen LogP contribution < -0.4 is 5.32 Å². The molecule has 19 heavy (non-hydrogen) atoms. The van der Waals surface area contributed by atoms with Crippen LogP contribution in [0.1, 0.15) is 18.1 Å². The van der Waals surface area contributed by atoms with E-state index in [0.29, 0.717) is 33.7 Å². The minimum absolute atomic E-state index is 0.421. The summed E-state index contributed by atoms with van der Waals surface area (Å²) in [4.78, 5) is 8.10. The molecule has 0 bridgehead atoms. The highest BCUT2D eigenvalue weighted by atomic mass is 35.5. The van der Waals surface area contributed by atoms with Gasteiger partial charge in [-0.2, -0.15) is 5.26 Å². The fourth-order valence-electron chi connectivity index (χ4n) is 1.63. The Hall–Kier alpha value is -1.83. The van der Waals surface area contributed by atoms with Gasteiger partial charge in [-0.25, -0.2) is 9.97 Å². The number of nitrogens with zero attached hydrogens (tertiary/aromatic N) is 3. The van der Waals surface area contributed by atoms with Crippen LogP contribution in [0.2, 0.25) is 10.2 Å². The van der Waals surface area contributed by atoms with Crippen molar-refractivity contribution in [1.29, 1.82) is 5.26 Å². The zero-order chi connectivity index (χ0) is 13.8. The molecule has 0 atom stereocenters. The van der Waals surface area contributed by atoms with E-state index < -0.39 is 0 Å². The monoisotopic (exact) mass is 292 g/mol. The van der Waals surface area contributed by atoms with Crippen LogP contribution in [-0.4, -0.2) is 9.97 Å². The Morgan fingerprint density at radius 3 is 2.74 bits per heavy atom. The van der Waals surface area contributed by atoms with Gasteiger partial charge >= 0.3 is 0 Å². The van der Waals surface area contributed by atoms with Crippen molar-refractivity contribution < 1.29 is 0 Å². The third-order valence-electron chi connectivity index (χ3n) is 2.60. The van der Waals surface area contributed by atoms with Crippen LogP contribution in [0.3, 0.4) is 0 Å². The first-order valence-corrected chi connectivity index (χ1v) is 6.37. The van der Waals surface area contributed by atoms with E-state index in [1.54, 1.807) is 18.2 Å². The third-order valence-corrected chi connectivity index (χ3v) is 3.24. The van der Waals surface area contributed by atoms with Crippen molar-refractivity contribution in [2.45, 2.75) is 13.3 Å². The van der Waals surface area contributed by atoms with Gasteiger partial charge in [0, 0.05) is 5.56 Å². The maximum atomic E-state index is 8.79. The number of aromatic nitrogens is 2. The topological polar surface area (TPSA) is 61.6 Å². The van der Waals surface area contributed by atoms with Crippen LogP contribution in [0.15, 0.2) is 24.5 Å². The predicted molar refractivity (Wildman–Crippen MR) is 75.9 cm³/mol. The molecular weight excluding hydrogens is 283 g/mol. The highest BCUT2D eigenvalue weighted by Gasteiger charge is 2.10. The lowest BCUT2D eigenvalue weighted by atomic mass is 10.2. The van der Waals surface area contributed by atoms with Gasteiger partial charge in [-0.15, -0.1) is 0 Å². The number of benzene rings is 1. The number of rotatable bonds is 3. The van der Waals surface area contributed by atoms with E-state index >= 15 is 0 Å². The van der Waals surface area contributed by atoms with Crippen molar-refractivity contribution in [3.05, 3.63) is 45.8 Å². The predicted octanol–water partition coefficient (Wildman–Crippen LogP) is 3.96. The largest absolute Gasteiger partial charge is 0.339 e. The molecule has 96 valence electrons. The van der Waals surface area contributed by atoms with Crippen LogP contribution in [0.5, 0.6) is 0 Å². The minimum Gasteiger partial charge on any atom is -0.339 e. The summed E-state index contributed by atoms with van der Waals surface area (Å²) < 4.78 is 0. The number of anilines is 2. The number of hydrogen-bond acceptors (Lipinski definition) is 4. The normalized spacial score (nSPS) is 10.0. The van der Waals surface area contributed by atoms with Gasteiger partial charge in [-0.3, -0.25) is 0 Å². The molecule has 4 nitrogen and oxygen atoms in total. The van der Waals surface area contributed by atoms with Gasteiger partial charge in [-0.05, 0) is 24.6 Å². The highest BCUT2D eigenvalue weighted by molar-refractivity contribution is 6.33. The molecule has 0 unspecified atom stereocenters. The average Bonchev–Trinajstić information content (AvgIpc) is 2.41. The Kier molecular flexibility index (Phi) is 4.20. The van der Waals surface area contributed by atoms with Crippen LogP contribution in [0.25, 0.3) is 0 Å². The Morgan fingerprint density at radius 2 is 2.11 bits per heavy atom. The summed E-state index contributed by atoms with van der Waals surface area (Å²) in [6, 6.07) is 7.04. The van der Waals surface area contributed by atoms with Crippen molar-refractivity contribution in [1.82, 2.24) is 9.97 Å². The maximum absolute atomic E-state index is 8.79. The SMILES string of the molecule is CCc1c(Cl)ncnc1Nc1ccc(C#N)cc1Cl. The first-order valence-electron chi connectivity index (χ1n) is 5.61. The second-order valence-corrected chi connectivity index (χ2v) is 4.54. The van der Waals surface area contributed by atoms with Gasteiger partial charge < -0.3 is 5.32 Å². The van der Waals surface area contributed by atoms with E-state index in [0.717, 1.165) is 5.56 Å². The van der Waals surface area contributed by atoms with E-state index in [1.165, 1.54) is 6.33 Å². The van der Waals surface area contributed by atoms with E-state index in [9.17, 15) is 0 Å². The van der Waals surface area contributed by atoms with Crippen LogP contribution in [-0.2, 0) is 6.42 Å². The van der Waals surface area contributed by atoms with Crippen molar-refractivity contribution in [2.75, 3.05) is 5.32 Å². The van der Waals surface area contributed by atoms with Crippen LogP contribution in [0.4, 0.5) is 11.5 Å². The lowest BCUT2D eigenvalue weighted by molar-refractivity contribution is 1.05. The fraction of sp³-hybridized carbons (Fsp3) is 0.154. The third kappa shape index (κ3) is 2.95. The number of nitrogens with one attached hydrogen (secondary N) is 1. The zero-order valence-corrected chi connectivity index (χ0v) is 11.6. The molecule has 2 aromatic rings. The summed E-state index contributed by atoms with van der Waals surface area (Å²) in [5.74, 6) is 0.620. The summed E-state index contributed by atoms with van der Waals surface area (Å²) in [6.07, 6.45) is 2.09. The quantitative estimate of drug-likeness (QED) is 0.870. The molecule has 0 saturated heterocycles. The smallest absolute Gasteiger partial charge is 0.138 e. The summed E-state index contributed by atoms with van der Waals surface area (Å²) >= 11 is 12.1. The summed E-state index contributed by atoms with van der Waals surface area (Å²) in [6.45, 7) is 1.97. The molecule has 6 heteroatoms. The number of hydrogen-bond donors (Lipinski definition) is 1. The summed E-state index contributed by atoms with van der Waals surface area (Å²) in [5, 5.41) is 12.8. The van der Waals surface area contributed by atoms with Crippen molar-refractivity contribution in [2.24, 2.45) is 0 Å². The van der Waals surface area contributed by atoms with Gasteiger partial charge in [0.25, 0.3) is 0 Å². The second-order valence-electron chi connectivity index (χ2n) is 3.78. The van der Waals surface area contributed by atoms with E-state index in [1.807, 2.05) is 13.0 Å². The molecular formula is C13H10Cl2N4. The molecule has 0 aliphatic carbocycles. The van der Waals surface area contributed by atoms with Crippen molar-refractivity contribution in [3.8, 4) is 6.07 Å². The van der Waals surface area contributed by atoms with Gasteiger partial charge in [0.05, 0.1) is 22.3 Å². The van der Waals surface area contributed by atoms with Crippen molar-refractivity contribution in [3.63, 3.8) is 0 Å². The maximum Gasteiger partial charge on any atom is 0.138 e. The van der Waals surface area contributed by atoms with Gasteiger partial charge in [0.1, 0.15) is 17.3 Å². The number of halogens is 2. The molecule has 1 heterocycles. The minimum atomic E-state index is 0.421. The Morgan fingerprint density at radius 1 is 1.32 bits per heavy atom. The molecule has 0 aliphatic heterocycles. The van der Waals surface area contributed by atoms with E-state index in [2.05, 4.69) is 15.3 Å². The average molecular weight is 293 g/mol. The molecule has 0 amide bonds. The summed E-state index contributed by atoms with van der Waals surface area (Å²) in [5.41, 5.74) is 2.00. The fourth-order valence-corrected chi connectivity index (χ4v) is 2.12. The summed E-state index contributed by atoms with van der Waals surface area (Å²) in [7, 11) is 0. The van der Waals surface area contributed by atoms with Gasteiger partial charge in [-0.1, -0.05) is 30.1 Å². The molecule has 0 aliphatic rings. The molecule has 0 saturated carbocycles. The molecule has 1 aromatic heterocycles. The van der Waals surface area contributed by atoms with Gasteiger partial charge in [0.2, 0.25) is 0 Å².